The number of fused-ring (bicyclic) bond motifs is 3. The van der Waals surface area contributed by atoms with E-state index < -0.39 is 0 Å². The monoisotopic (exact) mass is 416 g/mol. The summed E-state index contributed by atoms with van der Waals surface area (Å²) < 4.78 is 7.71. The van der Waals surface area contributed by atoms with Crippen LogP contribution in [0.3, 0.4) is 0 Å². The molecule has 5 rings (SSSR count). The van der Waals surface area contributed by atoms with Crippen LogP contribution in [-0.2, 0) is 17.8 Å². The van der Waals surface area contributed by atoms with E-state index in [1.54, 1.807) is 13.3 Å². The lowest BCUT2D eigenvalue weighted by atomic mass is 9.89. The second-order valence-corrected chi connectivity index (χ2v) is 8.48. The Morgan fingerprint density at radius 3 is 3.03 bits per heavy atom. The number of methoxy groups -OCH3 is 1. The first-order valence-electron chi connectivity index (χ1n) is 11.0. The highest BCUT2D eigenvalue weighted by molar-refractivity contribution is 5.87. The van der Waals surface area contributed by atoms with Gasteiger partial charge in [0.25, 0.3) is 5.91 Å². The molecule has 3 aromatic rings. The summed E-state index contributed by atoms with van der Waals surface area (Å²) in [5.41, 5.74) is 9.13. The Kier molecular flexibility index (Phi) is 5.24. The summed E-state index contributed by atoms with van der Waals surface area (Å²) >= 11 is 0. The molecule has 1 aromatic heterocycles. The molecule has 2 heterocycles. The Morgan fingerprint density at radius 2 is 2.16 bits per heavy atom. The quantitative estimate of drug-likeness (QED) is 0.508. The van der Waals surface area contributed by atoms with Gasteiger partial charge >= 0.3 is 0 Å². The summed E-state index contributed by atoms with van der Waals surface area (Å²) in [4.78, 5) is 14.9. The number of carbonyl (C=O) groups is 1. The molecule has 31 heavy (non-hydrogen) atoms. The summed E-state index contributed by atoms with van der Waals surface area (Å²) in [5.74, 6) is 0.689. The van der Waals surface area contributed by atoms with Crippen molar-refractivity contribution in [3.63, 3.8) is 0 Å². The Labute approximate surface area is 182 Å². The molecule has 0 bridgehead atoms. The molecule has 2 aromatic carbocycles. The van der Waals surface area contributed by atoms with Crippen molar-refractivity contribution < 1.29 is 9.53 Å². The largest absolute Gasteiger partial charge is 0.497 e. The van der Waals surface area contributed by atoms with E-state index in [2.05, 4.69) is 45.1 Å². The fourth-order valence-corrected chi connectivity index (χ4v) is 5.10. The zero-order valence-corrected chi connectivity index (χ0v) is 18.1. The topological polar surface area (TPSA) is 58.9 Å². The van der Waals surface area contributed by atoms with Crippen molar-refractivity contribution in [1.82, 2.24) is 14.9 Å². The molecule has 1 N–H and O–H groups in total. The number of benzene rings is 2. The zero-order chi connectivity index (χ0) is 21.4. The number of aryl methyl sites for hydroxylation is 2. The maximum Gasteiger partial charge on any atom is 0.254 e. The summed E-state index contributed by atoms with van der Waals surface area (Å²) in [6.07, 6.45) is 5.04. The molecule has 2 aliphatic rings. The molecule has 6 heteroatoms. The lowest BCUT2D eigenvalue weighted by molar-refractivity contribution is -0.123. The zero-order valence-electron chi connectivity index (χ0n) is 18.1. The number of hydrogen-bond acceptors (Lipinski definition) is 4. The number of nitrogens with one attached hydrogen (secondary N) is 1. The Bertz CT molecular complexity index is 1160. The van der Waals surface area contributed by atoms with Crippen LogP contribution in [0.25, 0.3) is 10.9 Å². The molecule has 1 unspecified atom stereocenters. The number of nitrogens with zero attached hydrogens (tertiary/aromatic N) is 3. The molecule has 0 saturated carbocycles. The minimum absolute atomic E-state index is 0.0772. The first-order valence-corrected chi connectivity index (χ1v) is 11.0. The van der Waals surface area contributed by atoms with E-state index in [1.165, 1.54) is 27.7 Å². The number of aromatic nitrogens is 1. The average Bonchev–Trinajstić information content (AvgIpc) is 3.10. The van der Waals surface area contributed by atoms with E-state index in [4.69, 9.17) is 4.74 Å². The van der Waals surface area contributed by atoms with Crippen LogP contribution in [0.4, 0.5) is 0 Å². The fraction of sp³-hybridized carbons (Fsp3) is 0.360. The number of hydrogen-bond donors (Lipinski definition) is 1. The summed E-state index contributed by atoms with van der Waals surface area (Å²) in [7, 11) is 1.63. The lowest BCUT2D eigenvalue weighted by Gasteiger charge is -2.39. The number of carbonyl (C=O) groups excluding carboxylic acids is 1. The van der Waals surface area contributed by atoms with Crippen LogP contribution >= 0.6 is 0 Å². The first kappa shape index (κ1) is 19.8. The Morgan fingerprint density at radius 1 is 1.26 bits per heavy atom. The molecule has 0 spiro atoms. The van der Waals surface area contributed by atoms with Gasteiger partial charge in [0.05, 0.1) is 25.9 Å². The molecular weight excluding hydrogens is 388 g/mol. The van der Waals surface area contributed by atoms with E-state index in [-0.39, 0.29) is 5.91 Å². The van der Waals surface area contributed by atoms with E-state index >= 15 is 0 Å². The standard InChI is InChI=1S/C25H28N4O2/c1-17-9-10-22-21(13-17)20-7-4-8-23-25(20)29(22)12-11-28(23)16-24(30)27-26-15-18-5-3-6-19(14-18)31-2/h3,5-6,9-10,13-15,23H,4,7-8,11-12,16H2,1-2H3,(H,27,30)/b26-15-. The van der Waals surface area contributed by atoms with Crippen molar-refractivity contribution in [2.24, 2.45) is 5.10 Å². The van der Waals surface area contributed by atoms with Gasteiger partial charge in [0, 0.05) is 29.7 Å². The molecule has 1 atom stereocenters. The van der Waals surface area contributed by atoms with Gasteiger partial charge in [-0.15, -0.1) is 0 Å². The maximum atomic E-state index is 12.6. The van der Waals surface area contributed by atoms with Crippen molar-refractivity contribution in [3.05, 3.63) is 64.8 Å². The van der Waals surface area contributed by atoms with Gasteiger partial charge in [-0.25, -0.2) is 5.43 Å². The molecule has 1 aliphatic carbocycles. The number of ether oxygens (including phenoxy) is 1. The van der Waals surface area contributed by atoms with Crippen molar-refractivity contribution in [2.75, 3.05) is 20.2 Å². The predicted octanol–water partition coefficient (Wildman–Crippen LogP) is 3.80. The molecule has 0 fully saturated rings. The summed E-state index contributed by atoms with van der Waals surface area (Å²) in [5, 5.41) is 5.54. The second kappa shape index (κ2) is 8.19. The average molecular weight is 417 g/mol. The van der Waals surface area contributed by atoms with Gasteiger partial charge in [0.2, 0.25) is 0 Å². The van der Waals surface area contributed by atoms with Gasteiger partial charge < -0.3 is 9.30 Å². The van der Waals surface area contributed by atoms with Crippen LogP contribution in [-0.4, -0.2) is 41.8 Å². The van der Waals surface area contributed by atoms with Crippen LogP contribution in [0, 0.1) is 6.92 Å². The van der Waals surface area contributed by atoms with Crippen molar-refractivity contribution >= 4 is 23.0 Å². The molecule has 1 aliphatic heterocycles. The van der Waals surface area contributed by atoms with E-state index in [0.717, 1.165) is 43.7 Å². The highest BCUT2D eigenvalue weighted by atomic mass is 16.5. The molecule has 1 amide bonds. The molecule has 160 valence electrons. The van der Waals surface area contributed by atoms with Crippen LogP contribution in [0.1, 0.15) is 41.3 Å². The van der Waals surface area contributed by atoms with Gasteiger partial charge in [0.1, 0.15) is 5.75 Å². The number of hydrazone groups is 1. The van der Waals surface area contributed by atoms with Crippen LogP contribution in [0.15, 0.2) is 47.6 Å². The minimum Gasteiger partial charge on any atom is -0.497 e. The second-order valence-electron chi connectivity index (χ2n) is 8.48. The summed E-state index contributed by atoms with van der Waals surface area (Å²) in [6.45, 7) is 4.32. The number of amides is 1. The van der Waals surface area contributed by atoms with Gasteiger partial charge in [-0.1, -0.05) is 23.8 Å². The van der Waals surface area contributed by atoms with E-state index in [1.807, 2.05) is 24.3 Å². The maximum absolute atomic E-state index is 12.6. The Balaban J connectivity index is 1.31. The highest BCUT2D eigenvalue weighted by Gasteiger charge is 2.35. The predicted molar refractivity (Wildman–Crippen MR) is 123 cm³/mol. The molecule has 0 saturated heterocycles. The smallest absolute Gasteiger partial charge is 0.254 e. The van der Waals surface area contributed by atoms with Crippen LogP contribution in [0.5, 0.6) is 5.75 Å². The third-order valence-electron chi connectivity index (χ3n) is 6.48. The fourth-order valence-electron chi connectivity index (χ4n) is 5.10. The summed E-state index contributed by atoms with van der Waals surface area (Å²) in [6, 6.07) is 14.7. The first-order chi connectivity index (χ1) is 15.1. The van der Waals surface area contributed by atoms with E-state index in [0.29, 0.717) is 12.6 Å². The van der Waals surface area contributed by atoms with E-state index in [9.17, 15) is 4.79 Å². The minimum atomic E-state index is -0.0772. The number of rotatable bonds is 5. The Hall–Kier alpha value is -3.12. The van der Waals surface area contributed by atoms with Crippen LogP contribution < -0.4 is 10.2 Å². The molecular formula is C25H28N4O2. The van der Waals surface area contributed by atoms with Crippen molar-refractivity contribution in [1.29, 1.82) is 0 Å². The van der Waals surface area contributed by atoms with Crippen molar-refractivity contribution in [2.45, 2.75) is 38.8 Å². The van der Waals surface area contributed by atoms with Gasteiger partial charge in [-0.3, -0.25) is 9.69 Å². The third-order valence-corrected chi connectivity index (χ3v) is 6.48. The van der Waals surface area contributed by atoms with Crippen LogP contribution in [0.2, 0.25) is 0 Å². The molecule has 6 nitrogen and oxygen atoms in total. The lowest BCUT2D eigenvalue weighted by Crippen LogP contribution is -2.44. The van der Waals surface area contributed by atoms with Crippen molar-refractivity contribution in [3.8, 4) is 5.75 Å². The van der Waals surface area contributed by atoms with Gasteiger partial charge in [0.15, 0.2) is 0 Å². The van der Waals surface area contributed by atoms with Gasteiger partial charge in [-0.2, -0.15) is 5.10 Å². The highest BCUT2D eigenvalue weighted by Crippen LogP contribution is 2.42. The molecule has 0 radical (unpaired) electrons. The van der Waals surface area contributed by atoms with Gasteiger partial charge in [-0.05, 0) is 61.6 Å². The normalized spacial score (nSPS) is 18.3. The third kappa shape index (κ3) is 3.72. The SMILES string of the molecule is COc1cccc(/C=N\NC(=O)CN2CCn3c4c(c5cc(C)ccc53)CCCC42)c1.